The molecule has 0 saturated heterocycles. The molecule has 2 rings (SSSR count). The number of hydrogen-bond donors (Lipinski definition) is 1. The molecule has 90 valence electrons. The van der Waals surface area contributed by atoms with E-state index in [2.05, 4.69) is 15.3 Å². The fourth-order valence-corrected chi connectivity index (χ4v) is 1.68. The number of aromatic nitrogens is 2. The highest BCUT2D eigenvalue weighted by Crippen LogP contribution is 2.21. The Labute approximate surface area is 108 Å². The first-order valence-electron chi connectivity index (χ1n) is 5.06. The van der Waals surface area contributed by atoms with Crippen molar-refractivity contribution in [3.05, 3.63) is 46.6 Å². The molecule has 0 unspecified atom stereocenters. The molecule has 1 heterocycles. The second-order valence-corrected chi connectivity index (χ2v) is 3.94. The predicted molar refractivity (Wildman–Crippen MR) is 66.2 cm³/mol. The molecule has 0 saturated carbocycles. The molecule has 0 atom stereocenters. The van der Waals surface area contributed by atoms with Crippen LogP contribution in [0.4, 0.5) is 15.9 Å². The second kappa shape index (κ2) is 4.98. The first-order chi connectivity index (χ1) is 8.58. The van der Waals surface area contributed by atoms with Gasteiger partial charge in [0.2, 0.25) is 0 Å². The van der Waals surface area contributed by atoms with Crippen LogP contribution >= 0.6 is 11.6 Å². The third-order valence-corrected chi connectivity index (χ3v) is 2.37. The summed E-state index contributed by atoms with van der Waals surface area (Å²) in [4.78, 5) is 8.04. The molecule has 0 spiro atoms. The Morgan fingerprint density at radius 2 is 2.11 bits per heavy atom. The summed E-state index contributed by atoms with van der Waals surface area (Å²) in [5.74, 6) is 0.496. The zero-order chi connectivity index (χ0) is 13.1. The molecule has 0 radical (unpaired) electrons. The van der Waals surface area contributed by atoms with Gasteiger partial charge in [-0.2, -0.15) is 5.26 Å². The van der Waals surface area contributed by atoms with Crippen LogP contribution < -0.4 is 5.32 Å². The van der Waals surface area contributed by atoms with Crippen molar-refractivity contribution >= 4 is 23.1 Å². The fraction of sp³-hybridized carbons (Fsp3) is 0.0833. The molecule has 0 aliphatic heterocycles. The molecular weight excluding hydrogens is 255 g/mol. The van der Waals surface area contributed by atoms with E-state index >= 15 is 0 Å². The SMILES string of the molecule is Cc1nc(Cl)cc(Nc2ccc(F)cc2C#N)n1. The Morgan fingerprint density at radius 3 is 2.78 bits per heavy atom. The van der Waals surface area contributed by atoms with Gasteiger partial charge in [-0.05, 0) is 25.1 Å². The normalized spacial score (nSPS) is 9.89. The zero-order valence-corrected chi connectivity index (χ0v) is 10.2. The van der Waals surface area contributed by atoms with Crippen molar-refractivity contribution in [1.29, 1.82) is 5.26 Å². The molecule has 0 fully saturated rings. The topological polar surface area (TPSA) is 61.6 Å². The van der Waals surface area contributed by atoms with Crippen molar-refractivity contribution < 1.29 is 4.39 Å². The quantitative estimate of drug-likeness (QED) is 0.845. The molecule has 1 aromatic carbocycles. The van der Waals surface area contributed by atoms with Crippen molar-refractivity contribution in [2.75, 3.05) is 5.32 Å². The standard InChI is InChI=1S/C12H8ClFN4/c1-7-16-11(13)5-12(17-7)18-10-3-2-9(14)4-8(10)6-15/h2-5H,1H3,(H,16,17,18). The van der Waals surface area contributed by atoms with Crippen LogP contribution in [-0.2, 0) is 0 Å². The average Bonchev–Trinajstić information content (AvgIpc) is 2.30. The predicted octanol–water partition coefficient (Wildman–Crippen LogP) is 3.19. The van der Waals surface area contributed by atoms with Gasteiger partial charge in [0.25, 0.3) is 0 Å². The largest absolute Gasteiger partial charge is 0.339 e. The average molecular weight is 263 g/mol. The molecule has 18 heavy (non-hydrogen) atoms. The Bertz CT molecular complexity index is 616. The van der Waals surface area contributed by atoms with Gasteiger partial charge in [0, 0.05) is 6.07 Å². The lowest BCUT2D eigenvalue weighted by molar-refractivity contribution is 0.627. The van der Waals surface area contributed by atoms with Gasteiger partial charge >= 0.3 is 0 Å². The van der Waals surface area contributed by atoms with Crippen molar-refractivity contribution in [3.8, 4) is 6.07 Å². The van der Waals surface area contributed by atoms with Crippen LogP contribution in [0.3, 0.4) is 0 Å². The van der Waals surface area contributed by atoms with Crippen LogP contribution in [0.25, 0.3) is 0 Å². The monoisotopic (exact) mass is 262 g/mol. The molecule has 6 heteroatoms. The maximum absolute atomic E-state index is 13.0. The second-order valence-electron chi connectivity index (χ2n) is 3.55. The molecule has 0 bridgehead atoms. The minimum absolute atomic E-state index is 0.197. The van der Waals surface area contributed by atoms with Crippen LogP contribution in [-0.4, -0.2) is 9.97 Å². The Morgan fingerprint density at radius 1 is 1.33 bits per heavy atom. The van der Waals surface area contributed by atoms with E-state index in [9.17, 15) is 4.39 Å². The highest BCUT2D eigenvalue weighted by molar-refractivity contribution is 6.29. The molecule has 0 aliphatic carbocycles. The Hall–Kier alpha value is -2.19. The third kappa shape index (κ3) is 2.73. The van der Waals surface area contributed by atoms with E-state index in [1.54, 1.807) is 6.92 Å². The summed E-state index contributed by atoms with van der Waals surface area (Å²) < 4.78 is 13.0. The van der Waals surface area contributed by atoms with Gasteiger partial charge in [-0.25, -0.2) is 14.4 Å². The summed E-state index contributed by atoms with van der Waals surface area (Å²) in [6, 6.07) is 7.32. The lowest BCUT2D eigenvalue weighted by atomic mass is 10.2. The summed E-state index contributed by atoms with van der Waals surface area (Å²) in [5, 5.41) is 12.1. The van der Waals surface area contributed by atoms with E-state index in [4.69, 9.17) is 16.9 Å². The third-order valence-electron chi connectivity index (χ3n) is 2.17. The lowest BCUT2D eigenvalue weighted by Gasteiger charge is -2.08. The molecule has 2 aromatic rings. The summed E-state index contributed by atoms with van der Waals surface area (Å²) in [6.07, 6.45) is 0. The highest BCUT2D eigenvalue weighted by Gasteiger charge is 2.06. The van der Waals surface area contributed by atoms with Crippen molar-refractivity contribution in [3.63, 3.8) is 0 Å². The molecule has 4 nitrogen and oxygen atoms in total. The van der Waals surface area contributed by atoms with E-state index in [0.29, 0.717) is 22.5 Å². The first-order valence-corrected chi connectivity index (χ1v) is 5.44. The van der Waals surface area contributed by atoms with Gasteiger partial charge in [-0.3, -0.25) is 0 Å². The van der Waals surface area contributed by atoms with E-state index in [0.717, 1.165) is 6.07 Å². The van der Waals surface area contributed by atoms with Gasteiger partial charge in [-0.15, -0.1) is 0 Å². The number of nitrogens with one attached hydrogen (secondary N) is 1. The van der Waals surface area contributed by atoms with Gasteiger partial charge in [0.15, 0.2) is 0 Å². The number of nitrogens with zero attached hydrogens (tertiary/aromatic N) is 3. The minimum atomic E-state index is -0.464. The molecular formula is C12H8ClFN4. The summed E-state index contributed by atoms with van der Waals surface area (Å²) >= 11 is 5.80. The number of nitriles is 1. The van der Waals surface area contributed by atoms with E-state index in [-0.39, 0.29) is 5.56 Å². The summed E-state index contributed by atoms with van der Waals surface area (Å²) in [7, 11) is 0. The molecule has 0 amide bonds. The van der Waals surface area contributed by atoms with Gasteiger partial charge < -0.3 is 5.32 Å². The van der Waals surface area contributed by atoms with Crippen LogP contribution in [0.5, 0.6) is 0 Å². The van der Waals surface area contributed by atoms with E-state index in [1.807, 2.05) is 6.07 Å². The Balaban J connectivity index is 2.37. The number of aryl methyl sites for hydroxylation is 1. The van der Waals surface area contributed by atoms with Gasteiger partial charge in [-0.1, -0.05) is 11.6 Å². The van der Waals surface area contributed by atoms with E-state index in [1.165, 1.54) is 18.2 Å². The smallest absolute Gasteiger partial charge is 0.135 e. The van der Waals surface area contributed by atoms with Crippen LogP contribution in [0.1, 0.15) is 11.4 Å². The number of benzene rings is 1. The van der Waals surface area contributed by atoms with E-state index < -0.39 is 5.82 Å². The molecule has 0 aliphatic rings. The molecule has 1 N–H and O–H groups in total. The van der Waals surface area contributed by atoms with Gasteiger partial charge in [0.1, 0.15) is 28.7 Å². The number of halogens is 2. The highest BCUT2D eigenvalue weighted by atomic mass is 35.5. The first kappa shape index (κ1) is 12.3. The summed E-state index contributed by atoms with van der Waals surface area (Å²) in [5.41, 5.74) is 0.662. The van der Waals surface area contributed by atoms with Crippen LogP contribution in [0, 0.1) is 24.1 Å². The Kier molecular flexibility index (Phi) is 3.40. The van der Waals surface area contributed by atoms with Crippen molar-refractivity contribution in [2.45, 2.75) is 6.92 Å². The lowest BCUT2D eigenvalue weighted by Crippen LogP contribution is -1.99. The van der Waals surface area contributed by atoms with Crippen molar-refractivity contribution in [1.82, 2.24) is 9.97 Å². The maximum Gasteiger partial charge on any atom is 0.135 e. The number of hydrogen-bond acceptors (Lipinski definition) is 4. The zero-order valence-electron chi connectivity index (χ0n) is 9.41. The summed E-state index contributed by atoms with van der Waals surface area (Å²) in [6.45, 7) is 1.70. The number of rotatable bonds is 2. The van der Waals surface area contributed by atoms with Crippen LogP contribution in [0.15, 0.2) is 24.3 Å². The van der Waals surface area contributed by atoms with Crippen LogP contribution in [0.2, 0.25) is 5.15 Å². The maximum atomic E-state index is 13.0. The van der Waals surface area contributed by atoms with Crippen molar-refractivity contribution in [2.24, 2.45) is 0 Å². The molecule has 1 aromatic heterocycles. The van der Waals surface area contributed by atoms with Gasteiger partial charge in [0.05, 0.1) is 11.3 Å². The number of anilines is 2. The minimum Gasteiger partial charge on any atom is -0.339 e. The fourth-order valence-electron chi connectivity index (χ4n) is 1.45.